The summed E-state index contributed by atoms with van der Waals surface area (Å²) in [6.07, 6.45) is -0.498. The fourth-order valence-corrected chi connectivity index (χ4v) is 3.43. The molecule has 0 radical (unpaired) electrons. The Labute approximate surface area is 119 Å². The molecule has 1 aliphatic rings. The Bertz CT molecular complexity index is 569. The molecule has 0 aromatic heterocycles. The van der Waals surface area contributed by atoms with Crippen LogP contribution in [0.25, 0.3) is 0 Å². The van der Waals surface area contributed by atoms with Crippen LogP contribution < -0.4 is 0 Å². The van der Waals surface area contributed by atoms with Crippen molar-refractivity contribution >= 4 is 9.84 Å². The van der Waals surface area contributed by atoms with Crippen molar-refractivity contribution in [3.05, 3.63) is 35.4 Å². The zero-order chi connectivity index (χ0) is 14.8. The van der Waals surface area contributed by atoms with Crippen molar-refractivity contribution in [3.8, 4) is 0 Å². The summed E-state index contributed by atoms with van der Waals surface area (Å²) in [4.78, 5) is 0. The van der Waals surface area contributed by atoms with Gasteiger partial charge in [-0.2, -0.15) is 0 Å². The Balaban J connectivity index is 2.43. The number of hydrogen-bond acceptors (Lipinski definition) is 5. The van der Waals surface area contributed by atoms with Crippen LogP contribution in [-0.4, -0.2) is 44.3 Å². The second kappa shape index (κ2) is 5.81. The van der Waals surface area contributed by atoms with Gasteiger partial charge in [-0.05, 0) is 12.5 Å². The molecule has 1 aromatic carbocycles. The summed E-state index contributed by atoms with van der Waals surface area (Å²) in [6, 6.07) is 7.38. The standard InChI is InChI=1S/C14H20O5S/c1-3-20(16,17)10-14(18-9-12(8-15)19-14)13-7-5-4-6-11(13)2/h4-7,12,15H,3,8-10H2,1-2H3. The molecule has 112 valence electrons. The van der Waals surface area contributed by atoms with Crippen LogP contribution in [0.2, 0.25) is 0 Å². The van der Waals surface area contributed by atoms with E-state index in [1.165, 1.54) is 0 Å². The maximum absolute atomic E-state index is 12.0. The zero-order valence-electron chi connectivity index (χ0n) is 11.7. The summed E-state index contributed by atoms with van der Waals surface area (Å²) < 4.78 is 35.5. The lowest BCUT2D eigenvalue weighted by Crippen LogP contribution is -2.38. The molecule has 2 atom stereocenters. The predicted molar refractivity (Wildman–Crippen MR) is 75.1 cm³/mol. The highest BCUT2D eigenvalue weighted by Crippen LogP contribution is 2.37. The SMILES string of the molecule is CCS(=O)(=O)CC1(c2ccccc2C)OCC(CO)O1. The van der Waals surface area contributed by atoms with Gasteiger partial charge in [0.05, 0.1) is 13.2 Å². The van der Waals surface area contributed by atoms with E-state index in [1.807, 2.05) is 25.1 Å². The molecule has 1 N–H and O–H groups in total. The first-order valence-corrected chi connectivity index (χ1v) is 8.44. The van der Waals surface area contributed by atoms with E-state index in [2.05, 4.69) is 0 Å². The molecule has 0 bridgehead atoms. The summed E-state index contributed by atoms with van der Waals surface area (Å²) in [7, 11) is -3.29. The molecule has 2 unspecified atom stereocenters. The molecule has 5 nitrogen and oxygen atoms in total. The third-order valence-corrected chi connectivity index (χ3v) is 5.17. The molecule has 0 aliphatic carbocycles. The van der Waals surface area contributed by atoms with Gasteiger partial charge in [-0.25, -0.2) is 8.42 Å². The number of aliphatic hydroxyl groups is 1. The molecular weight excluding hydrogens is 280 g/mol. The average molecular weight is 300 g/mol. The largest absolute Gasteiger partial charge is 0.394 e. The Morgan fingerprint density at radius 1 is 1.40 bits per heavy atom. The predicted octanol–water partition coefficient (Wildman–Crippen LogP) is 0.990. The van der Waals surface area contributed by atoms with Crippen LogP contribution >= 0.6 is 0 Å². The fourth-order valence-electron chi connectivity index (χ4n) is 2.34. The van der Waals surface area contributed by atoms with Crippen molar-refractivity contribution in [2.24, 2.45) is 0 Å². The van der Waals surface area contributed by atoms with E-state index in [-0.39, 0.29) is 24.7 Å². The molecular formula is C14H20O5S. The van der Waals surface area contributed by atoms with Gasteiger partial charge in [0.2, 0.25) is 5.79 Å². The Morgan fingerprint density at radius 2 is 2.10 bits per heavy atom. The summed E-state index contributed by atoms with van der Waals surface area (Å²) >= 11 is 0. The maximum atomic E-state index is 12.0. The van der Waals surface area contributed by atoms with E-state index in [0.717, 1.165) is 5.56 Å². The molecule has 20 heavy (non-hydrogen) atoms. The van der Waals surface area contributed by atoms with Gasteiger partial charge in [0.25, 0.3) is 0 Å². The van der Waals surface area contributed by atoms with E-state index in [1.54, 1.807) is 13.0 Å². The highest BCUT2D eigenvalue weighted by molar-refractivity contribution is 7.91. The third-order valence-electron chi connectivity index (χ3n) is 3.47. The van der Waals surface area contributed by atoms with Crippen LogP contribution in [0.15, 0.2) is 24.3 Å². The van der Waals surface area contributed by atoms with E-state index in [0.29, 0.717) is 5.56 Å². The molecule has 2 rings (SSSR count). The smallest absolute Gasteiger partial charge is 0.209 e. The van der Waals surface area contributed by atoms with Crippen LogP contribution in [-0.2, 0) is 25.1 Å². The number of hydrogen-bond donors (Lipinski definition) is 1. The number of rotatable bonds is 5. The average Bonchev–Trinajstić information content (AvgIpc) is 2.83. The Kier molecular flexibility index (Phi) is 4.49. The van der Waals surface area contributed by atoms with Crippen molar-refractivity contribution < 1.29 is 23.0 Å². The molecule has 1 fully saturated rings. The quantitative estimate of drug-likeness (QED) is 0.878. The summed E-state index contributed by atoms with van der Waals surface area (Å²) in [5.74, 6) is -1.53. The Morgan fingerprint density at radius 3 is 2.65 bits per heavy atom. The summed E-state index contributed by atoms with van der Waals surface area (Å²) in [6.45, 7) is 3.47. The van der Waals surface area contributed by atoms with Gasteiger partial charge < -0.3 is 14.6 Å². The first kappa shape index (κ1) is 15.4. The topological polar surface area (TPSA) is 72.8 Å². The van der Waals surface area contributed by atoms with Crippen molar-refractivity contribution in [2.45, 2.75) is 25.7 Å². The Hall–Kier alpha value is -0.950. The zero-order valence-corrected chi connectivity index (χ0v) is 12.5. The third kappa shape index (κ3) is 3.03. The van der Waals surface area contributed by atoms with Crippen molar-refractivity contribution in [1.29, 1.82) is 0 Å². The first-order valence-electron chi connectivity index (χ1n) is 6.61. The minimum Gasteiger partial charge on any atom is -0.394 e. The highest BCUT2D eigenvalue weighted by Gasteiger charge is 2.46. The molecule has 0 amide bonds. The first-order chi connectivity index (χ1) is 9.42. The van der Waals surface area contributed by atoms with Gasteiger partial charge in [0.1, 0.15) is 11.9 Å². The van der Waals surface area contributed by atoms with Gasteiger partial charge >= 0.3 is 0 Å². The molecule has 1 aromatic rings. The number of aryl methyl sites for hydroxylation is 1. The minimum atomic E-state index is -3.29. The molecule has 6 heteroatoms. The van der Waals surface area contributed by atoms with Crippen molar-refractivity contribution in [1.82, 2.24) is 0 Å². The molecule has 0 saturated carbocycles. The van der Waals surface area contributed by atoms with Crippen LogP contribution in [0, 0.1) is 6.92 Å². The van der Waals surface area contributed by atoms with Crippen LogP contribution in [0.5, 0.6) is 0 Å². The van der Waals surface area contributed by atoms with Gasteiger partial charge in [0, 0.05) is 11.3 Å². The normalized spacial score (nSPS) is 26.9. The van der Waals surface area contributed by atoms with E-state index < -0.39 is 21.7 Å². The fraction of sp³-hybridized carbons (Fsp3) is 0.571. The number of ether oxygens (including phenoxy) is 2. The van der Waals surface area contributed by atoms with Crippen LogP contribution in [0.4, 0.5) is 0 Å². The lowest BCUT2D eigenvalue weighted by molar-refractivity contribution is -0.162. The van der Waals surface area contributed by atoms with E-state index in [9.17, 15) is 13.5 Å². The van der Waals surface area contributed by atoms with Gasteiger partial charge in [0.15, 0.2) is 9.84 Å². The van der Waals surface area contributed by atoms with E-state index in [4.69, 9.17) is 9.47 Å². The molecule has 1 heterocycles. The second-order valence-electron chi connectivity index (χ2n) is 4.98. The summed E-state index contributed by atoms with van der Waals surface area (Å²) in [5.41, 5.74) is 1.60. The molecule has 0 spiro atoms. The highest BCUT2D eigenvalue weighted by atomic mass is 32.2. The maximum Gasteiger partial charge on any atom is 0.209 e. The van der Waals surface area contributed by atoms with Gasteiger partial charge in [-0.15, -0.1) is 0 Å². The lowest BCUT2D eigenvalue weighted by Gasteiger charge is -2.29. The van der Waals surface area contributed by atoms with E-state index >= 15 is 0 Å². The number of sulfone groups is 1. The van der Waals surface area contributed by atoms with Crippen molar-refractivity contribution in [3.63, 3.8) is 0 Å². The molecule has 1 aliphatic heterocycles. The second-order valence-corrected chi connectivity index (χ2v) is 7.33. The monoisotopic (exact) mass is 300 g/mol. The van der Waals surface area contributed by atoms with Crippen LogP contribution in [0.1, 0.15) is 18.1 Å². The minimum absolute atomic E-state index is 0.0249. The molecule has 1 saturated heterocycles. The van der Waals surface area contributed by atoms with Gasteiger partial charge in [-0.1, -0.05) is 31.2 Å². The number of aliphatic hydroxyl groups excluding tert-OH is 1. The van der Waals surface area contributed by atoms with Crippen molar-refractivity contribution in [2.75, 3.05) is 24.7 Å². The van der Waals surface area contributed by atoms with Crippen LogP contribution in [0.3, 0.4) is 0 Å². The summed E-state index contributed by atoms with van der Waals surface area (Å²) in [5, 5.41) is 9.22. The lowest BCUT2D eigenvalue weighted by atomic mass is 10.0. The number of benzene rings is 1. The van der Waals surface area contributed by atoms with Gasteiger partial charge in [-0.3, -0.25) is 0 Å².